The van der Waals surface area contributed by atoms with Crippen molar-refractivity contribution in [1.29, 1.82) is 0 Å². The van der Waals surface area contributed by atoms with Crippen LogP contribution in [0.25, 0.3) is 0 Å². The highest BCUT2D eigenvalue weighted by Gasteiger charge is 2.14. The van der Waals surface area contributed by atoms with Gasteiger partial charge in [-0.3, -0.25) is 4.79 Å². The first-order valence-corrected chi connectivity index (χ1v) is 4.14. The van der Waals surface area contributed by atoms with Crippen molar-refractivity contribution in [2.24, 2.45) is 5.73 Å². The van der Waals surface area contributed by atoms with Crippen LogP contribution in [0.5, 0.6) is 0 Å². The summed E-state index contributed by atoms with van der Waals surface area (Å²) in [6.45, 7) is 0. The maximum Gasteiger partial charge on any atom is 0.159 e. The summed E-state index contributed by atoms with van der Waals surface area (Å²) >= 11 is 0. The van der Waals surface area contributed by atoms with Gasteiger partial charge in [0, 0.05) is 6.42 Å². The number of carboxylic acid groups (broad SMARTS) is 1. The second-order valence-electron chi connectivity index (χ2n) is 2.93. The maximum absolute atomic E-state index is 11.2. The molecule has 1 atom stereocenters. The minimum Gasteiger partial charge on any atom is -0.548 e. The molecule has 15 heavy (non-hydrogen) atoms. The molecule has 5 heteroatoms. The van der Waals surface area contributed by atoms with Crippen molar-refractivity contribution < 1.29 is 14.7 Å². The van der Waals surface area contributed by atoms with Gasteiger partial charge in [-0.05, 0) is 5.56 Å². The summed E-state index contributed by atoms with van der Waals surface area (Å²) in [5.74, 6) is -2.08. The number of carbonyl (C=O) groups excluding carboxylic acids is 2. The monoisotopic (exact) mass is 228 g/mol. The van der Waals surface area contributed by atoms with Gasteiger partial charge in [0.1, 0.15) is 6.04 Å². The summed E-state index contributed by atoms with van der Waals surface area (Å²) in [4.78, 5) is 21.5. The Bertz CT molecular complexity index is 340. The average Bonchev–Trinajstić information content (AvgIpc) is 2.18. The third-order valence-corrected chi connectivity index (χ3v) is 1.82. The number of Topliss-reactive ketones (excluding diaryl/α,β-unsaturated/α-hetero) is 1. The highest BCUT2D eigenvalue weighted by atomic mass is 35.5. The van der Waals surface area contributed by atoms with E-state index in [-0.39, 0.29) is 18.8 Å². The Morgan fingerprint density at radius 1 is 1.27 bits per heavy atom. The van der Waals surface area contributed by atoms with Crippen LogP contribution < -0.4 is 10.8 Å². The lowest BCUT2D eigenvalue weighted by molar-refractivity contribution is -0.306. The summed E-state index contributed by atoms with van der Waals surface area (Å²) in [6, 6.07) is 7.29. The lowest BCUT2D eigenvalue weighted by Crippen LogP contribution is -2.47. The number of nitrogens with two attached hydrogens (primary N) is 1. The lowest BCUT2D eigenvalue weighted by atomic mass is 10.0. The Kier molecular flexibility index (Phi) is 5.59. The van der Waals surface area contributed by atoms with Gasteiger partial charge in [0.25, 0.3) is 0 Å². The number of hydrogen-bond acceptors (Lipinski definition) is 4. The van der Waals surface area contributed by atoms with E-state index in [1.807, 2.05) is 6.07 Å². The van der Waals surface area contributed by atoms with Crippen molar-refractivity contribution in [1.82, 2.24) is 0 Å². The van der Waals surface area contributed by atoms with Gasteiger partial charge in [-0.2, -0.15) is 0 Å². The van der Waals surface area contributed by atoms with Crippen LogP contribution in [0.15, 0.2) is 30.3 Å². The predicted molar refractivity (Wildman–Crippen MR) is 55.4 cm³/mol. The van der Waals surface area contributed by atoms with Gasteiger partial charge in [-0.25, -0.2) is 0 Å². The number of carboxylic acids is 1. The van der Waals surface area contributed by atoms with Gasteiger partial charge < -0.3 is 15.6 Å². The predicted octanol–water partition coefficient (Wildman–Crippen LogP) is -0.703. The van der Waals surface area contributed by atoms with E-state index < -0.39 is 17.8 Å². The fourth-order valence-electron chi connectivity index (χ4n) is 1.04. The molecule has 0 amide bonds. The van der Waals surface area contributed by atoms with E-state index in [2.05, 4.69) is 0 Å². The first-order valence-electron chi connectivity index (χ1n) is 4.14. The van der Waals surface area contributed by atoms with Crippen LogP contribution in [0.2, 0.25) is 0 Å². The molecule has 1 aromatic carbocycles. The molecule has 0 aliphatic rings. The molecule has 0 saturated heterocycles. The molecule has 0 fully saturated rings. The van der Waals surface area contributed by atoms with Gasteiger partial charge in [0.15, 0.2) is 5.78 Å². The van der Waals surface area contributed by atoms with E-state index in [0.29, 0.717) is 0 Å². The molecule has 0 spiro atoms. The second-order valence-corrected chi connectivity index (χ2v) is 2.93. The number of ketones is 1. The summed E-state index contributed by atoms with van der Waals surface area (Å²) < 4.78 is 0. The van der Waals surface area contributed by atoms with Crippen molar-refractivity contribution in [3.63, 3.8) is 0 Å². The Morgan fingerprint density at radius 3 is 2.27 bits per heavy atom. The zero-order chi connectivity index (χ0) is 10.6. The lowest BCUT2D eigenvalue weighted by Gasteiger charge is -2.10. The van der Waals surface area contributed by atoms with Crippen LogP contribution in [0.4, 0.5) is 0 Å². The molecule has 0 bridgehead atoms. The molecule has 2 N–H and O–H groups in total. The van der Waals surface area contributed by atoms with E-state index in [4.69, 9.17) is 5.73 Å². The minimum absolute atomic E-state index is 0. The first-order chi connectivity index (χ1) is 6.61. The van der Waals surface area contributed by atoms with Crippen LogP contribution in [0.3, 0.4) is 0 Å². The maximum atomic E-state index is 11.2. The number of carbonyl (C=O) groups is 2. The molecular weight excluding hydrogens is 218 g/mol. The molecule has 0 aliphatic heterocycles. The zero-order valence-electron chi connectivity index (χ0n) is 7.88. The van der Waals surface area contributed by atoms with Gasteiger partial charge in [-0.1, -0.05) is 30.3 Å². The van der Waals surface area contributed by atoms with Gasteiger partial charge in [0.05, 0.1) is 5.97 Å². The molecule has 4 nitrogen and oxygen atoms in total. The van der Waals surface area contributed by atoms with E-state index in [0.717, 1.165) is 5.56 Å². The highest BCUT2D eigenvalue weighted by Crippen LogP contribution is 2.01. The van der Waals surface area contributed by atoms with E-state index in [1.54, 1.807) is 24.3 Å². The van der Waals surface area contributed by atoms with Crippen molar-refractivity contribution >= 4 is 24.2 Å². The molecule has 1 unspecified atom stereocenters. The van der Waals surface area contributed by atoms with Crippen LogP contribution in [-0.2, 0) is 16.0 Å². The molecule has 1 rings (SSSR count). The van der Waals surface area contributed by atoms with E-state index in [1.165, 1.54) is 0 Å². The van der Waals surface area contributed by atoms with Gasteiger partial charge >= 0.3 is 0 Å². The number of benzene rings is 1. The Morgan fingerprint density at radius 2 is 1.80 bits per heavy atom. The third-order valence-electron chi connectivity index (χ3n) is 1.82. The van der Waals surface area contributed by atoms with Gasteiger partial charge in [-0.15, -0.1) is 12.4 Å². The van der Waals surface area contributed by atoms with Crippen LogP contribution in [-0.4, -0.2) is 17.8 Å². The molecule has 82 valence electrons. The molecule has 0 saturated carbocycles. The number of aliphatic carboxylic acids is 1. The van der Waals surface area contributed by atoms with E-state index >= 15 is 0 Å². The normalized spacial score (nSPS) is 11.3. The quantitative estimate of drug-likeness (QED) is 0.691. The fourth-order valence-corrected chi connectivity index (χ4v) is 1.04. The summed E-state index contributed by atoms with van der Waals surface area (Å²) in [7, 11) is 0. The van der Waals surface area contributed by atoms with Crippen molar-refractivity contribution in [3.05, 3.63) is 35.9 Å². The van der Waals surface area contributed by atoms with Crippen molar-refractivity contribution in [2.45, 2.75) is 12.5 Å². The first kappa shape index (κ1) is 13.6. The highest BCUT2D eigenvalue weighted by molar-refractivity contribution is 6.02. The standard InChI is InChI=1S/C10H11NO3.ClH/c11-9(10(13)14)8(12)6-7-4-2-1-3-5-7;/h1-5,9H,6,11H2,(H,13,14);1H/p-1. The molecule has 0 heterocycles. The Balaban J connectivity index is 0.00000196. The molecule has 0 aliphatic carbocycles. The molecular formula is C10H11ClNO3-. The van der Waals surface area contributed by atoms with Crippen molar-refractivity contribution in [3.8, 4) is 0 Å². The van der Waals surface area contributed by atoms with Crippen LogP contribution >= 0.6 is 12.4 Å². The third kappa shape index (κ3) is 4.10. The number of rotatable bonds is 4. The smallest absolute Gasteiger partial charge is 0.159 e. The summed E-state index contributed by atoms with van der Waals surface area (Å²) in [5, 5.41) is 10.3. The summed E-state index contributed by atoms with van der Waals surface area (Å²) in [5.41, 5.74) is 5.84. The second kappa shape index (κ2) is 6.16. The van der Waals surface area contributed by atoms with Crippen molar-refractivity contribution in [2.75, 3.05) is 0 Å². The minimum atomic E-state index is -1.54. The zero-order valence-corrected chi connectivity index (χ0v) is 8.70. The molecule has 1 aromatic rings. The Hall–Kier alpha value is -1.39. The molecule has 0 aromatic heterocycles. The molecule has 0 radical (unpaired) electrons. The number of hydrogen-bond donors (Lipinski definition) is 1. The largest absolute Gasteiger partial charge is 0.548 e. The van der Waals surface area contributed by atoms with Crippen LogP contribution in [0.1, 0.15) is 5.56 Å². The Labute approximate surface area is 93.5 Å². The number of halogens is 1. The van der Waals surface area contributed by atoms with Gasteiger partial charge in [0.2, 0.25) is 0 Å². The summed E-state index contributed by atoms with van der Waals surface area (Å²) in [6.07, 6.45) is 0.0238. The van der Waals surface area contributed by atoms with Crippen LogP contribution in [0, 0.1) is 0 Å². The fraction of sp³-hybridized carbons (Fsp3) is 0.200. The SMILES string of the molecule is Cl.NC(C(=O)[O-])C(=O)Cc1ccccc1. The topological polar surface area (TPSA) is 83.2 Å². The van der Waals surface area contributed by atoms with E-state index in [9.17, 15) is 14.7 Å². The average molecular weight is 229 g/mol.